The van der Waals surface area contributed by atoms with Crippen LogP contribution >= 0.6 is 0 Å². The Bertz CT molecular complexity index is 1010. The third-order valence-corrected chi connectivity index (χ3v) is 7.22. The lowest BCUT2D eigenvalue weighted by atomic mass is 9.85. The van der Waals surface area contributed by atoms with Crippen molar-refractivity contribution in [1.29, 1.82) is 0 Å². The van der Waals surface area contributed by atoms with Gasteiger partial charge in [0.05, 0.1) is 0 Å². The number of carboxylic acids is 1. The molecule has 176 valence electrons. The molecule has 5 nitrogen and oxygen atoms in total. The average Bonchev–Trinajstić information content (AvgIpc) is 3.04. The number of carbonyl (C=O) groups excluding carboxylic acids is 1. The molecule has 0 aliphatic carbocycles. The number of amides is 1. The van der Waals surface area contributed by atoms with Gasteiger partial charge in [-0.25, -0.2) is 4.39 Å². The summed E-state index contributed by atoms with van der Waals surface area (Å²) in [6, 6.07) is 15.7. The fraction of sp³-hybridized carbons (Fsp3) is 0.481. The molecule has 0 radical (unpaired) electrons. The van der Waals surface area contributed by atoms with Gasteiger partial charge in [-0.1, -0.05) is 29.8 Å². The Balaban J connectivity index is 1.56. The number of carbonyl (C=O) groups is 2. The number of aliphatic carboxylic acids is 1. The maximum absolute atomic E-state index is 13.7. The zero-order valence-electron chi connectivity index (χ0n) is 19.5. The SMILES string of the molecule is Cc1cccc(C[C@]2(C)C[C@@H]3CN(C(=O)CCCC(=O)O)CC[C@@H]3N2c2ccc(F)cc2)c1. The van der Waals surface area contributed by atoms with Crippen molar-refractivity contribution in [2.75, 3.05) is 18.0 Å². The number of fused-ring (bicyclic) bond motifs is 1. The highest BCUT2D eigenvalue weighted by molar-refractivity contribution is 5.77. The second kappa shape index (κ2) is 9.54. The van der Waals surface area contributed by atoms with Gasteiger partial charge in [0.25, 0.3) is 0 Å². The van der Waals surface area contributed by atoms with Gasteiger partial charge < -0.3 is 14.9 Å². The molecule has 3 atom stereocenters. The van der Waals surface area contributed by atoms with E-state index in [0.29, 0.717) is 25.4 Å². The number of carboxylic acid groups (broad SMARTS) is 1. The Hall–Kier alpha value is -2.89. The monoisotopic (exact) mass is 452 g/mol. The first-order valence-electron chi connectivity index (χ1n) is 11.9. The van der Waals surface area contributed by atoms with Gasteiger partial charge >= 0.3 is 5.97 Å². The minimum atomic E-state index is -0.862. The Morgan fingerprint density at radius 1 is 1.15 bits per heavy atom. The molecule has 0 bridgehead atoms. The molecule has 2 saturated heterocycles. The number of halogens is 1. The summed E-state index contributed by atoms with van der Waals surface area (Å²) >= 11 is 0. The van der Waals surface area contributed by atoms with E-state index in [4.69, 9.17) is 5.11 Å². The Morgan fingerprint density at radius 2 is 1.91 bits per heavy atom. The fourth-order valence-electron chi connectivity index (χ4n) is 5.92. The van der Waals surface area contributed by atoms with E-state index in [1.807, 2.05) is 17.0 Å². The maximum atomic E-state index is 13.7. The minimum absolute atomic E-state index is 0.0263. The third kappa shape index (κ3) is 5.21. The fourth-order valence-corrected chi connectivity index (χ4v) is 5.92. The van der Waals surface area contributed by atoms with E-state index < -0.39 is 5.97 Å². The third-order valence-electron chi connectivity index (χ3n) is 7.22. The van der Waals surface area contributed by atoms with Crippen molar-refractivity contribution in [3.63, 3.8) is 0 Å². The molecule has 2 aliphatic rings. The van der Waals surface area contributed by atoms with E-state index in [1.54, 1.807) is 0 Å². The largest absolute Gasteiger partial charge is 0.481 e. The zero-order valence-corrected chi connectivity index (χ0v) is 19.5. The molecule has 0 unspecified atom stereocenters. The number of piperidine rings is 1. The molecule has 33 heavy (non-hydrogen) atoms. The van der Waals surface area contributed by atoms with E-state index >= 15 is 0 Å². The summed E-state index contributed by atoms with van der Waals surface area (Å²) in [6.07, 6.45) is 3.37. The van der Waals surface area contributed by atoms with Gasteiger partial charge in [-0.15, -0.1) is 0 Å². The first kappa shape index (κ1) is 23.3. The molecule has 1 N–H and O–H groups in total. The van der Waals surface area contributed by atoms with Gasteiger partial charge in [0.15, 0.2) is 0 Å². The van der Waals surface area contributed by atoms with Crippen molar-refractivity contribution in [2.45, 2.75) is 64.0 Å². The number of benzene rings is 2. The first-order chi connectivity index (χ1) is 15.7. The summed E-state index contributed by atoms with van der Waals surface area (Å²) in [5.41, 5.74) is 3.40. The Labute approximate surface area is 195 Å². The predicted molar refractivity (Wildman–Crippen MR) is 127 cm³/mol. The summed E-state index contributed by atoms with van der Waals surface area (Å²) in [5, 5.41) is 8.86. The van der Waals surface area contributed by atoms with Crippen LogP contribution in [0.3, 0.4) is 0 Å². The molecule has 0 aromatic heterocycles. The van der Waals surface area contributed by atoms with Gasteiger partial charge in [0.2, 0.25) is 5.91 Å². The number of aryl methyl sites for hydroxylation is 1. The number of nitrogens with zero attached hydrogens (tertiary/aromatic N) is 2. The van der Waals surface area contributed by atoms with Crippen LogP contribution in [0.5, 0.6) is 0 Å². The van der Waals surface area contributed by atoms with Crippen molar-refractivity contribution in [3.8, 4) is 0 Å². The first-order valence-corrected chi connectivity index (χ1v) is 11.9. The zero-order chi connectivity index (χ0) is 23.6. The van der Waals surface area contributed by atoms with Crippen LogP contribution in [-0.2, 0) is 16.0 Å². The van der Waals surface area contributed by atoms with Crippen molar-refractivity contribution >= 4 is 17.6 Å². The smallest absolute Gasteiger partial charge is 0.303 e. The number of likely N-dealkylation sites (tertiary alicyclic amines) is 1. The summed E-state index contributed by atoms with van der Waals surface area (Å²) in [5.74, 6) is -0.729. The van der Waals surface area contributed by atoms with Gasteiger partial charge in [0, 0.05) is 43.2 Å². The van der Waals surface area contributed by atoms with Crippen molar-refractivity contribution in [2.24, 2.45) is 5.92 Å². The van der Waals surface area contributed by atoms with E-state index in [0.717, 1.165) is 24.9 Å². The normalized spacial score (nSPS) is 24.6. The molecule has 1 amide bonds. The Morgan fingerprint density at radius 3 is 2.61 bits per heavy atom. The lowest BCUT2D eigenvalue weighted by molar-refractivity contribution is -0.137. The number of rotatable bonds is 7. The molecule has 0 spiro atoms. The second-order valence-electron chi connectivity index (χ2n) is 9.92. The summed E-state index contributed by atoms with van der Waals surface area (Å²) in [4.78, 5) is 27.9. The lowest BCUT2D eigenvalue weighted by Crippen LogP contribution is -2.51. The molecular formula is C27H33FN2O3. The van der Waals surface area contributed by atoms with Crippen LogP contribution in [0, 0.1) is 18.7 Å². The molecule has 0 saturated carbocycles. The van der Waals surface area contributed by atoms with E-state index in [-0.39, 0.29) is 36.1 Å². The van der Waals surface area contributed by atoms with E-state index in [1.165, 1.54) is 23.3 Å². The minimum Gasteiger partial charge on any atom is -0.481 e. The highest BCUT2D eigenvalue weighted by Gasteiger charge is 2.50. The van der Waals surface area contributed by atoms with Crippen LogP contribution in [0.25, 0.3) is 0 Å². The number of hydrogen-bond donors (Lipinski definition) is 1. The molecule has 2 aromatic carbocycles. The predicted octanol–water partition coefficient (Wildman–Crippen LogP) is 4.82. The van der Waals surface area contributed by atoms with Crippen LogP contribution < -0.4 is 4.90 Å². The highest BCUT2D eigenvalue weighted by atomic mass is 19.1. The summed E-state index contributed by atoms with van der Waals surface area (Å²) in [6.45, 7) is 5.75. The van der Waals surface area contributed by atoms with Gasteiger partial charge in [-0.3, -0.25) is 9.59 Å². The maximum Gasteiger partial charge on any atom is 0.303 e. The standard InChI is InChI=1S/C27H33FN2O3/c1-19-5-3-6-20(15-19)16-27(2)17-21-18-29(25(31)7-4-8-26(32)33)14-13-24(21)30(27)23-11-9-22(28)10-12-23/h3,5-6,9-12,15,21,24H,4,7-8,13-14,16-18H2,1-2H3,(H,32,33)/t21-,24+,27-/m1/s1. The number of anilines is 1. The van der Waals surface area contributed by atoms with Crippen LogP contribution in [0.15, 0.2) is 48.5 Å². The van der Waals surface area contributed by atoms with Crippen molar-refractivity contribution in [3.05, 3.63) is 65.5 Å². The molecular weight excluding hydrogens is 419 g/mol. The summed E-state index contributed by atoms with van der Waals surface area (Å²) < 4.78 is 13.7. The molecule has 2 aliphatic heterocycles. The Kier molecular flexibility index (Phi) is 6.73. The second-order valence-corrected chi connectivity index (χ2v) is 9.92. The molecule has 2 aromatic rings. The summed E-state index contributed by atoms with van der Waals surface area (Å²) in [7, 11) is 0. The van der Waals surface area contributed by atoms with Crippen LogP contribution in [0.1, 0.15) is 50.2 Å². The van der Waals surface area contributed by atoms with Gasteiger partial charge in [0.1, 0.15) is 5.82 Å². The van der Waals surface area contributed by atoms with Crippen molar-refractivity contribution in [1.82, 2.24) is 4.90 Å². The molecule has 2 fully saturated rings. The lowest BCUT2D eigenvalue weighted by Gasteiger charge is -2.43. The molecule has 6 heteroatoms. The van der Waals surface area contributed by atoms with E-state index in [2.05, 4.69) is 43.0 Å². The van der Waals surface area contributed by atoms with Gasteiger partial charge in [-0.05, 0) is 75.3 Å². The highest BCUT2D eigenvalue weighted by Crippen LogP contribution is 2.46. The molecule has 2 heterocycles. The molecule has 4 rings (SSSR count). The van der Waals surface area contributed by atoms with E-state index in [9.17, 15) is 14.0 Å². The van der Waals surface area contributed by atoms with Crippen LogP contribution in [0.4, 0.5) is 10.1 Å². The van der Waals surface area contributed by atoms with Crippen molar-refractivity contribution < 1.29 is 19.1 Å². The van der Waals surface area contributed by atoms with Crippen LogP contribution in [-0.4, -0.2) is 46.6 Å². The quantitative estimate of drug-likeness (QED) is 0.655. The van der Waals surface area contributed by atoms with Crippen LogP contribution in [0.2, 0.25) is 0 Å². The number of hydrogen-bond acceptors (Lipinski definition) is 3. The average molecular weight is 453 g/mol. The van der Waals surface area contributed by atoms with Gasteiger partial charge in [-0.2, -0.15) is 0 Å². The topological polar surface area (TPSA) is 60.9 Å².